The Morgan fingerprint density at radius 1 is 1.43 bits per heavy atom. The first-order valence-electron chi connectivity index (χ1n) is 7.42. The molecule has 1 aromatic carbocycles. The van der Waals surface area contributed by atoms with Crippen LogP contribution in [-0.2, 0) is 0 Å². The highest BCUT2D eigenvalue weighted by molar-refractivity contribution is 6.01. The summed E-state index contributed by atoms with van der Waals surface area (Å²) in [5.41, 5.74) is 6.74. The van der Waals surface area contributed by atoms with Crippen LogP contribution in [0.15, 0.2) is 29.4 Å². The molecule has 1 aromatic rings. The first-order chi connectivity index (χ1) is 10.0. The lowest BCUT2D eigenvalue weighted by molar-refractivity contribution is 0.0735. The van der Waals surface area contributed by atoms with Crippen LogP contribution in [0.1, 0.15) is 49.0 Å². The van der Waals surface area contributed by atoms with Crippen molar-refractivity contribution in [2.24, 2.45) is 16.8 Å². The van der Waals surface area contributed by atoms with E-state index in [0.717, 1.165) is 25.8 Å². The number of amidine groups is 1. The number of carbonyl (C=O) groups is 1. The van der Waals surface area contributed by atoms with Crippen LogP contribution in [0.3, 0.4) is 0 Å². The molecular weight excluding hydrogens is 266 g/mol. The van der Waals surface area contributed by atoms with E-state index in [1.54, 1.807) is 24.3 Å². The van der Waals surface area contributed by atoms with Gasteiger partial charge >= 0.3 is 0 Å². The molecule has 114 valence electrons. The monoisotopic (exact) mass is 289 g/mol. The number of amides is 1. The Morgan fingerprint density at radius 3 is 2.67 bits per heavy atom. The number of nitrogens with two attached hydrogens (primary N) is 1. The molecule has 1 saturated carbocycles. The molecule has 0 atom stereocenters. The molecule has 1 fully saturated rings. The van der Waals surface area contributed by atoms with Crippen molar-refractivity contribution in [1.82, 2.24) is 4.90 Å². The van der Waals surface area contributed by atoms with Crippen molar-refractivity contribution in [2.45, 2.75) is 39.2 Å². The molecule has 5 heteroatoms. The first kappa shape index (κ1) is 15.4. The molecule has 5 nitrogen and oxygen atoms in total. The SMILES string of the molecule is CC(C)CCN(C(=O)c1cccc(/C(N)=N/O)c1)C1CC1. The second kappa shape index (κ2) is 6.61. The molecule has 0 unspecified atom stereocenters. The Kier molecular flexibility index (Phi) is 4.83. The normalized spacial score (nSPS) is 15.3. The predicted molar refractivity (Wildman–Crippen MR) is 82.5 cm³/mol. The van der Waals surface area contributed by atoms with Gasteiger partial charge in [-0.1, -0.05) is 31.1 Å². The van der Waals surface area contributed by atoms with Crippen LogP contribution in [0.5, 0.6) is 0 Å². The largest absolute Gasteiger partial charge is 0.409 e. The molecule has 1 amide bonds. The molecule has 0 radical (unpaired) electrons. The number of hydrogen-bond acceptors (Lipinski definition) is 3. The third-order valence-corrected chi connectivity index (χ3v) is 3.71. The minimum absolute atomic E-state index is 0.0183. The topological polar surface area (TPSA) is 78.9 Å². The molecule has 21 heavy (non-hydrogen) atoms. The number of nitrogens with zero attached hydrogens (tertiary/aromatic N) is 2. The number of benzene rings is 1. The zero-order valence-corrected chi connectivity index (χ0v) is 12.6. The Hall–Kier alpha value is -2.04. The summed E-state index contributed by atoms with van der Waals surface area (Å²) >= 11 is 0. The minimum atomic E-state index is 0.0183. The van der Waals surface area contributed by atoms with Gasteiger partial charge in [0.05, 0.1) is 0 Å². The van der Waals surface area contributed by atoms with Gasteiger partial charge in [-0.15, -0.1) is 0 Å². The van der Waals surface area contributed by atoms with E-state index in [2.05, 4.69) is 19.0 Å². The van der Waals surface area contributed by atoms with Crippen molar-refractivity contribution < 1.29 is 10.0 Å². The summed E-state index contributed by atoms with van der Waals surface area (Å²) in [5.74, 6) is 0.623. The molecule has 1 aliphatic rings. The van der Waals surface area contributed by atoms with Gasteiger partial charge in [-0.2, -0.15) is 0 Å². The molecule has 0 bridgehead atoms. The van der Waals surface area contributed by atoms with Gasteiger partial charge in [-0.05, 0) is 37.3 Å². The van der Waals surface area contributed by atoms with Gasteiger partial charge in [0.15, 0.2) is 5.84 Å². The van der Waals surface area contributed by atoms with E-state index in [4.69, 9.17) is 10.9 Å². The fraction of sp³-hybridized carbons (Fsp3) is 0.500. The van der Waals surface area contributed by atoms with E-state index in [0.29, 0.717) is 23.1 Å². The summed E-state index contributed by atoms with van der Waals surface area (Å²) in [4.78, 5) is 14.6. The van der Waals surface area contributed by atoms with Crippen molar-refractivity contribution in [3.63, 3.8) is 0 Å². The fourth-order valence-electron chi connectivity index (χ4n) is 2.27. The van der Waals surface area contributed by atoms with Crippen LogP contribution < -0.4 is 5.73 Å². The number of carbonyl (C=O) groups excluding carboxylic acids is 1. The maximum absolute atomic E-state index is 12.7. The highest BCUT2D eigenvalue weighted by atomic mass is 16.4. The van der Waals surface area contributed by atoms with Crippen molar-refractivity contribution in [2.75, 3.05) is 6.54 Å². The van der Waals surface area contributed by atoms with Gasteiger partial charge in [0.25, 0.3) is 5.91 Å². The first-order valence-corrected chi connectivity index (χ1v) is 7.42. The van der Waals surface area contributed by atoms with Crippen molar-refractivity contribution >= 4 is 11.7 Å². The van der Waals surface area contributed by atoms with E-state index in [-0.39, 0.29) is 11.7 Å². The van der Waals surface area contributed by atoms with Gasteiger partial charge in [-0.25, -0.2) is 0 Å². The summed E-state index contributed by atoms with van der Waals surface area (Å²) in [6, 6.07) is 7.32. The lowest BCUT2D eigenvalue weighted by Gasteiger charge is -2.23. The zero-order chi connectivity index (χ0) is 15.4. The molecule has 0 heterocycles. The van der Waals surface area contributed by atoms with Crippen LogP contribution >= 0.6 is 0 Å². The van der Waals surface area contributed by atoms with Crippen LogP contribution in [0.2, 0.25) is 0 Å². The third kappa shape index (κ3) is 3.97. The Balaban J connectivity index is 2.16. The quantitative estimate of drug-likeness (QED) is 0.365. The van der Waals surface area contributed by atoms with E-state index in [9.17, 15) is 4.79 Å². The van der Waals surface area contributed by atoms with E-state index >= 15 is 0 Å². The number of rotatable bonds is 6. The molecule has 1 aliphatic carbocycles. The molecule has 0 aromatic heterocycles. The van der Waals surface area contributed by atoms with E-state index < -0.39 is 0 Å². The summed E-state index contributed by atoms with van der Waals surface area (Å²) in [5, 5.41) is 11.7. The minimum Gasteiger partial charge on any atom is -0.409 e. The van der Waals surface area contributed by atoms with Crippen LogP contribution in [0, 0.1) is 5.92 Å². The summed E-state index contributed by atoms with van der Waals surface area (Å²) in [6.07, 6.45) is 3.18. The van der Waals surface area contributed by atoms with Gasteiger partial charge in [0.2, 0.25) is 0 Å². The van der Waals surface area contributed by atoms with Crippen LogP contribution in [0.25, 0.3) is 0 Å². The molecule has 0 spiro atoms. The molecule has 0 aliphatic heterocycles. The van der Waals surface area contributed by atoms with Crippen LogP contribution in [0.4, 0.5) is 0 Å². The maximum atomic E-state index is 12.7. The fourth-order valence-corrected chi connectivity index (χ4v) is 2.27. The highest BCUT2D eigenvalue weighted by Crippen LogP contribution is 2.29. The van der Waals surface area contributed by atoms with Crippen LogP contribution in [-0.4, -0.2) is 34.4 Å². The second-order valence-corrected chi connectivity index (χ2v) is 5.98. The maximum Gasteiger partial charge on any atom is 0.254 e. The average Bonchev–Trinajstić information content (AvgIpc) is 3.31. The van der Waals surface area contributed by atoms with Gasteiger partial charge in [0.1, 0.15) is 0 Å². The summed E-state index contributed by atoms with van der Waals surface area (Å²) in [6.45, 7) is 5.11. The number of oxime groups is 1. The lowest BCUT2D eigenvalue weighted by atomic mass is 10.1. The molecule has 0 saturated heterocycles. The standard InChI is InChI=1S/C16H23N3O2/c1-11(2)8-9-19(14-6-7-14)16(20)13-5-3-4-12(10-13)15(17)18-21/h3-5,10-11,14,21H,6-9H2,1-2H3,(H2,17,18). The predicted octanol–water partition coefficient (Wildman–Crippen LogP) is 2.43. The van der Waals surface area contributed by atoms with Gasteiger partial charge in [0, 0.05) is 23.7 Å². The Morgan fingerprint density at radius 2 is 2.10 bits per heavy atom. The van der Waals surface area contributed by atoms with Crippen molar-refractivity contribution in [1.29, 1.82) is 0 Å². The second-order valence-electron chi connectivity index (χ2n) is 5.98. The number of hydrogen-bond donors (Lipinski definition) is 2. The van der Waals surface area contributed by atoms with Gasteiger partial charge < -0.3 is 15.8 Å². The molecule has 3 N–H and O–H groups in total. The highest BCUT2D eigenvalue weighted by Gasteiger charge is 2.32. The lowest BCUT2D eigenvalue weighted by Crippen LogP contribution is -2.34. The zero-order valence-electron chi connectivity index (χ0n) is 12.6. The van der Waals surface area contributed by atoms with E-state index in [1.165, 1.54) is 0 Å². The molecule has 2 rings (SSSR count). The summed E-state index contributed by atoms with van der Waals surface area (Å²) < 4.78 is 0. The Labute approximate surface area is 125 Å². The molecular formula is C16H23N3O2. The smallest absolute Gasteiger partial charge is 0.254 e. The van der Waals surface area contributed by atoms with Crippen molar-refractivity contribution in [3.8, 4) is 0 Å². The van der Waals surface area contributed by atoms with Gasteiger partial charge in [-0.3, -0.25) is 4.79 Å². The van der Waals surface area contributed by atoms with E-state index in [1.807, 2.05) is 4.90 Å². The average molecular weight is 289 g/mol. The third-order valence-electron chi connectivity index (χ3n) is 3.71. The van der Waals surface area contributed by atoms with Crippen molar-refractivity contribution in [3.05, 3.63) is 35.4 Å². The Bertz CT molecular complexity index is 536. The summed E-state index contributed by atoms with van der Waals surface area (Å²) in [7, 11) is 0.